The highest BCUT2D eigenvalue weighted by Crippen LogP contribution is 2.45. The molecule has 2 aromatic rings. The van der Waals surface area contributed by atoms with Crippen LogP contribution in [0.2, 0.25) is 0 Å². The van der Waals surface area contributed by atoms with Gasteiger partial charge in [-0.1, -0.05) is 6.92 Å². The van der Waals surface area contributed by atoms with Crippen LogP contribution in [0.4, 0.5) is 11.4 Å². The summed E-state index contributed by atoms with van der Waals surface area (Å²) in [4.78, 5) is 23.1. The number of amidine groups is 1. The second-order valence-electron chi connectivity index (χ2n) is 10.1. The maximum atomic E-state index is 13.4. The van der Waals surface area contributed by atoms with Gasteiger partial charge in [0.1, 0.15) is 5.75 Å². The van der Waals surface area contributed by atoms with Crippen molar-refractivity contribution in [3.05, 3.63) is 58.0 Å². The van der Waals surface area contributed by atoms with Crippen LogP contribution in [-0.2, 0) is 9.53 Å². The van der Waals surface area contributed by atoms with Gasteiger partial charge in [-0.3, -0.25) is 9.69 Å². The molecule has 2 heterocycles. The first-order chi connectivity index (χ1) is 17.2. The number of amides is 1. The zero-order valence-electron chi connectivity index (χ0n) is 22.4. The molecule has 4 rings (SSSR count). The van der Waals surface area contributed by atoms with Crippen LogP contribution in [0.25, 0.3) is 6.08 Å². The Morgan fingerprint density at radius 3 is 2.56 bits per heavy atom. The number of methoxy groups -OCH3 is 2. The fourth-order valence-electron chi connectivity index (χ4n) is 5.28. The fourth-order valence-corrected chi connectivity index (χ4v) is 6.30. The lowest BCUT2D eigenvalue weighted by molar-refractivity contribution is -0.122. The maximum Gasteiger partial charge on any atom is 0.266 e. The van der Waals surface area contributed by atoms with Crippen LogP contribution in [0, 0.1) is 6.92 Å². The van der Waals surface area contributed by atoms with Gasteiger partial charge in [0.15, 0.2) is 5.17 Å². The second kappa shape index (κ2) is 10.7. The smallest absolute Gasteiger partial charge is 0.266 e. The highest BCUT2D eigenvalue weighted by Gasteiger charge is 2.36. The van der Waals surface area contributed by atoms with Crippen LogP contribution < -0.4 is 9.64 Å². The number of fused-ring (bicyclic) bond motifs is 1. The molecule has 0 N–H and O–H groups in total. The number of aryl methyl sites for hydroxylation is 1. The summed E-state index contributed by atoms with van der Waals surface area (Å²) in [5.74, 6) is 1.19. The van der Waals surface area contributed by atoms with E-state index in [2.05, 4.69) is 51.7 Å². The summed E-state index contributed by atoms with van der Waals surface area (Å²) in [7, 11) is 3.28. The van der Waals surface area contributed by atoms with Crippen molar-refractivity contribution >= 4 is 40.3 Å². The van der Waals surface area contributed by atoms with Crippen molar-refractivity contribution in [1.29, 1.82) is 0 Å². The molecule has 0 spiro atoms. The number of nitrogens with zero attached hydrogens (tertiary/aromatic N) is 3. The number of benzene rings is 2. The van der Waals surface area contributed by atoms with E-state index < -0.39 is 0 Å². The molecule has 1 fully saturated rings. The average Bonchev–Trinajstić information content (AvgIpc) is 3.12. The van der Waals surface area contributed by atoms with Crippen LogP contribution in [0.15, 0.2) is 46.3 Å². The number of hydrogen-bond donors (Lipinski definition) is 0. The van der Waals surface area contributed by atoms with Crippen molar-refractivity contribution in [2.75, 3.05) is 38.8 Å². The maximum absolute atomic E-state index is 13.4. The highest BCUT2D eigenvalue weighted by atomic mass is 32.2. The predicted molar refractivity (Wildman–Crippen MR) is 151 cm³/mol. The van der Waals surface area contributed by atoms with Crippen molar-refractivity contribution in [1.82, 2.24) is 4.90 Å². The number of carbonyl (C=O) groups excluding carboxylic acids is 1. The van der Waals surface area contributed by atoms with Gasteiger partial charge < -0.3 is 14.4 Å². The topological polar surface area (TPSA) is 54.4 Å². The Balaban J connectivity index is 1.70. The standard InChI is InChI=1S/C29H37N3O3S/c1-8-32-25-15-19(2)21(16-24(25)20(3)18-29(32,4)5)17-26-27(33)31(13-14-34-6)28(36-26)30-22-9-11-23(35-7)12-10-22/h9-12,15-17,20H,8,13-14,18H2,1-7H3/b26-17+,30-28?. The number of thioether (sulfide) groups is 1. The lowest BCUT2D eigenvalue weighted by Crippen LogP contribution is -2.48. The minimum absolute atomic E-state index is 0.0363. The van der Waals surface area contributed by atoms with E-state index in [4.69, 9.17) is 14.5 Å². The van der Waals surface area contributed by atoms with Crippen LogP contribution in [0.3, 0.4) is 0 Å². The first-order valence-corrected chi connectivity index (χ1v) is 13.4. The van der Waals surface area contributed by atoms with Gasteiger partial charge in [-0.2, -0.15) is 0 Å². The van der Waals surface area contributed by atoms with Gasteiger partial charge in [-0.05, 0) is 111 Å². The summed E-state index contributed by atoms with van der Waals surface area (Å²) in [6.45, 7) is 13.2. The van der Waals surface area contributed by atoms with E-state index in [1.807, 2.05) is 30.3 Å². The first-order valence-electron chi connectivity index (χ1n) is 12.5. The number of carbonyl (C=O) groups is 1. The molecule has 192 valence electrons. The lowest BCUT2D eigenvalue weighted by atomic mass is 9.79. The number of rotatable bonds is 7. The molecule has 7 heteroatoms. The summed E-state index contributed by atoms with van der Waals surface area (Å²) in [5.41, 5.74) is 5.82. The highest BCUT2D eigenvalue weighted by molar-refractivity contribution is 8.18. The molecule has 1 amide bonds. The first kappa shape index (κ1) is 26.3. The molecule has 1 unspecified atom stereocenters. The van der Waals surface area contributed by atoms with Gasteiger partial charge in [0, 0.05) is 24.9 Å². The third-order valence-electron chi connectivity index (χ3n) is 7.08. The largest absolute Gasteiger partial charge is 0.497 e. The quantitative estimate of drug-likeness (QED) is 0.408. The van der Waals surface area contributed by atoms with Crippen molar-refractivity contribution in [2.24, 2.45) is 4.99 Å². The molecule has 36 heavy (non-hydrogen) atoms. The van der Waals surface area contributed by atoms with Gasteiger partial charge in [0.25, 0.3) is 5.91 Å². The van der Waals surface area contributed by atoms with Gasteiger partial charge in [0.2, 0.25) is 0 Å². The Morgan fingerprint density at radius 1 is 1.19 bits per heavy atom. The number of hydrogen-bond acceptors (Lipinski definition) is 6. The van der Waals surface area contributed by atoms with E-state index in [0.29, 0.717) is 29.1 Å². The summed E-state index contributed by atoms with van der Waals surface area (Å²) in [6.07, 6.45) is 3.13. The van der Waals surface area contributed by atoms with Gasteiger partial charge >= 0.3 is 0 Å². The Hall–Kier alpha value is -2.77. The minimum Gasteiger partial charge on any atom is -0.497 e. The Kier molecular flexibility index (Phi) is 7.81. The summed E-state index contributed by atoms with van der Waals surface area (Å²) < 4.78 is 10.5. The van der Waals surface area contributed by atoms with E-state index in [9.17, 15) is 4.79 Å². The molecular weight excluding hydrogens is 470 g/mol. The molecule has 0 saturated carbocycles. The summed E-state index contributed by atoms with van der Waals surface area (Å²) >= 11 is 1.42. The van der Waals surface area contributed by atoms with E-state index in [1.54, 1.807) is 19.1 Å². The van der Waals surface area contributed by atoms with Gasteiger partial charge in [-0.15, -0.1) is 0 Å². The summed E-state index contributed by atoms with van der Waals surface area (Å²) in [5, 5.41) is 0.663. The van der Waals surface area contributed by atoms with Crippen molar-refractivity contribution in [2.45, 2.75) is 52.5 Å². The number of ether oxygens (including phenoxy) is 2. The molecular formula is C29H37N3O3S. The zero-order valence-corrected chi connectivity index (χ0v) is 23.2. The molecule has 1 saturated heterocycles. The van der Waals surface area contributed by atoms with Crippen LogP contribution in [-0.4, -0.2) is 55.4 Å². The van der Waals surface area contributed by atoms with Crippen LogP contribution >= 0.6 is 11.8 Å². The molecule has 2 aliphatic heterocycles. The van der Waals surface area contributed by atoms with E-state index in [-0.39, 0.29) is 11.4 Å². The SMILES string of the molecule is CCN1c2cc(C)c(/C=C3/SC(=Nc4ccc(OC)cc4)N(CCOC)C3=O)cc2C(C)CC1(C)C. The van der Waals surface area contributed by atoms with E-state index in [1.165, 1.54) is 28.6 Å². The number of aliphatic imine (C=N–C) groups is 1. The van der Waals surface area contributed by atoms with Gasteiger partial charge in [-0.25, -0.2) is 4.99 Å². The third-order valence-corrected chi connectivity index (χ3v) is 8.09. The van der Waals surface area contributed by atoms with Crippen LogP contribution in [0.1, 0.15) is 56.7 Å². The Bertz CT molecular complexity index is 1190. The molecule has 2 aliphatic rings. The monoisotopic (exact) mass is 507 g/mol. The minimum atomic E-state index is -0.0363. The number of anilines is 1. The fraction of sp³-hybridized carbons (Fsp3) is 0.448. The zero-order chi connectivity index (χ0) is 26.0. The summed E-state index contributed by atoms with van der Waals surface area (Å²) in [6, 6.07) is 12.1. The molecule has 0 aliphatic carbocycles. The Labute approximate surface area is 219 Å². The van der Waals surface area contributed by atoms with Crippen molar-refractivity contribution < 1.29 is 14.3 Å². The van der Waals surface area contributed by atoms with Crippen molar-refractivity contribution in [3.8, 4) is 5.75 Å². The molecule has 2 aromatic carbocycles. The van der Waals surface area contributed by atoms with Crippen molar-refractivity contribution in [3.63, 3.8) is 0 Å². The molecule has 1 atom stereocenters. The third kappa shape index (κ3) is 5.18. The normalized spacial score (nSPS) is 21.4. The molecule has 0 radical (unpaired) electrons. The predicted octanol–water partition coefficient (Wildman–Crippen LogP) is 6.37. The van der Waals surface area contributed by atoms with E-state index >= 15 is 0 Å². The van der Waals surface area contributed by atoms with E-state index in [0.717, 1.165) is 30.0 Å². The van der Waals surface area contributed by atoms with Gasteiger partial charge in [0.05, 0.1) is 30.9 Å². The molecule has 0 bridgehead atoms. The molecule has 6 nitrogen and oxygen atoms in total. The lowest BCUT2D eigenvalue weighted by Gasteiger charge is -2.47. The van der Waals surface area contributed by atoms with Crippen LogP contribution in [0.5, 0.6) is 5.75 Å². The average molecular weight is 508 g/mol. The second-order valence-corrected chi connectivity index (χ2v) is 11.1. The Morgan fingerprint density at radius 2 is 1.92 bits per heavy atom. The molecule has 0 aromatic heterocycles.